The van der Waals surface area contributed by atoms with Crippen molar-refractivity contribution in [2.75, 3.05) is 0 Å². The second kappa shape index (κ2) is 4.35. The van der Waals surface area contributed by atoms with Crippen molar-refractivity contribution < 1.29 is 0 Å². The number of hydrogen-bond acceptors (Lipinski definition) is 2. The van der Waals surface area contributed by atoms with Crippen LogP contribution in [-0.2, 0) is 6.42 Å². The van der Waals surface area contributed by atoms with Crippen LogP contribution in [0.4, 0.5) is 0 Å². The van der Waals surface area contributed by atoms with Crippen molar-refractivity contribution >= 4 is 0 Å². The van der Waals surface area contributed by atoms with Gasteiger partial charge in [-0.2, -0.15) is 0 Å². The van der Waals surface area contributed by atoms with E-state index in [9.17, 15) is 0 Å². The van der Waals surface area contributed by atoms with Gasteiger partial charge in [0.15, 0.2) is 0 Å². The SMILES string of the molecule is CC(C)Cc1cncc(C(C)C)n1. The summed E-state index contributed by atoms with van der Waals surface area (Å²) >= 11 is 0. The van der Waals surface area contributed by atoms with Crippen LogP contribution in [0.15, 0.2) is 12.4 Å². The molecular formula is C11H18N2. The summed E-state index contributed by atoms with van der Waals surface area (Å²) in [6.45, 7) is 8.68. The van der Waals surface area contributed by atoms with Crippen LogP contribution in [0.2, 0.25) is 0 Å². The smallest absolute Gasteiger partial charge is 0.0615 e. The first kappa shape index (κ1) is 10.2. The lowest BCUT2D eigenvalue weighted by atomic mass is 10.1. The van der Waals surface area contributed by atoms with Crippen LogP contribution in [0.5, 0.6) is 0 Å². The molecule has 0 saturated carbocycles. The summed E-state index contributed by atoms with van der Waals surface area (Å²) in [4.78, 5) is 8.75. The number of aromatic nitrogens is 2. The molecule has 1 aromatic heterocycles. The second-order valence-corrected chi connectivity index (χ2v) is 4.19. The van der Waals surface area contributed by atoms with E-state index in [4.69, 9.17) is 0 Å². The molecule has 0 aromatic carbocycles. The zero-order chi connectivity index (χ0) is 9.84. The summed E-state index contributed by atoms with van der Waals surface area (Å²) < 4.78 is 0. The molecule has 0 bridgehead atoms. The summed E-state index contributed by atoms with van der Waals surface area (Å²) in [5, 5.41) is 0. The lowest BCUT2D eigenvalue weighted by molar-refractivity contribution is 0.627. The van der Waals surface area contributed by atoms with Gasteiger partial charge < -0.3 is 0 Å². The van der Waals surface area contributed by atoms with Crippen LogP contribution in [0.1, 0.15) is 45.0 Å². The van der Waals surface area contributed by atoms with Gasteiger partial charge in [0.25, 0.3) is 0 Å². The molecule has 0 atom stereocenters. The predicted octanol–water partition coefficient (Wildman–Crippen LogP) is 2.80. The first-order valence-electron chi connectivity index (χ1n) is 4.90. The molecule has 1 aromatic rings. The molecule has 72 valence electrons. The van der Waals surface area contributed by atoms with E-state index < -0.39 is 0 Å². The average Bonchev–Trinajstić information content (AvgIpc) is 2.03. The Morgan fingerprint density at radius 3 is 2.38 bits per heavy atom. The van der Waals surface area contributed by atoms with Crippen molar-refractivity contribution in [2.24, 2.45) is 5.92 Å². The van der Waals surface area contributed by atoms with E-state index in [0.717, 1.165) is 17.8 Å². The van der Waals surface area contributed by atoms with Crippen LogP contribution in [0.25, 0.3) is 0 Å². The molecule has 2 nitrogen and oxygen atoms in total. The second-order valence-electron chi connectivity index (χ2n) is 4.19. The minimum absolute atomic E-state index is 0.472. The third kappa shape index (κ3) is 3.13. The summed E-state index contributed by atoms with van der Waals surface area (Å²) in [6, 6.07) is 0. The molecule has 2 heteroatoms. The van der Waals surface area contributed by atoms with Gasteiger partial charge >= 0.3 is 0 Å². The van der Waals surface area contributed by atoms with E-state index in [2.05, 4.69) is 37.7 Å². The Hall–Kier alpha value is -0.920. The van der Waals surface area contributed by atoms with E-state index in [-0.39, 0.29) is 0 Å². The molecule has 0 saturated heterocycles. The zero-order valence-electron chi connectivity index (χ0n) is 8.91. The van der Waals surface area contributed by atoms with Crippen molar-refractivity contribution in [1.29, 1.82) is 0 Å². The van der Waals surface area contributed by atoms with Gasteiger partial charge in [0, 0.05) is 12.4 Å². The van der Waals surface area contributed by atoms with Crippen LogP contribution in [0.3, 0.4) is 0 Å². The summed E-state index contributed by atoms with van der Waals surface area (Å²) in [5.74, 6) is 1.12. The molecule has 0 aliphatic carbocycles. The van der Waals surface area contributed by atoms with Gasteiger partial charge in [0.1, 0.15) is 0 Å². The van der Waals surface area contributed by atoms with Crippen molar-refractivity contribution in [2.45, 2.75) is 40.0 Å². The zero-order valence-corrected chi connectivity index (χ0v) is 8.91. The molecular weight excluding hydrogens is 160 g/mol. The van der Waals surface area contributed by atoms with Crippen LogP contribution < -0.4 is 0 Å². The Morgan fingerprint density at radius 1 is 1.15 bits per heavy atom. The van der Waals surface area contributed by atoms with Gasteiger partial charge in [-0.15, -0.1) is 0 Å². The Labute approximate surface area is 80.4 Å². The highest BCUT2D eigenvalue weighted by Crippen LogP contribution is 2.11. The van der Waals surface area contributed by atoms with Gasteiger partial charge in [0.05, 0.1) is 11.4 Å². The van der Waals surface area contributed by atoms with Crippen LogP contribution >= 0.6 is 0 Å². The molecule has 0 spiro atoms. The lowest BCUT2D eigenvalue weighted by Crippen LogP contribution is -2.02. The molecule has 13 heavy (non-hydrogen) atoms. The van der Waals surface area contributed by atoms with Crippen molar-refractivity contribution in [3.63, 3.8) is 0 Å². The molecule has 0 aliphatic rings. The van der Waals surface area contributed by atoms with Crippen LogP contribution in [-0.4, -0.2) is 9.97 Å². The Balaban J connectivity index is 2.79. The fraction of sp³-hybridized carbons (Fsp3) is 0.636. The van der Waals surface area contributed by atoms with E-state index in [0.29, 0.717) is 11.8 Å². The average molecular weight is 178 g/mol. The van der Waals surface area contributed by atoms with Gasteiger partial charge in [-0.1, -0.05) is 27.7 Å². The van der Waals surface area contributed by atoms with Gasteiger partial charge in [-0.05, 0) is 18.3 Å². The minimum Gasteiger partial charge on any atom is -0.261 e. The predicted molar refractivity (Wildman–Crippen MR) is 54.7 cm³/mol. The first-order chi connectivity index (χ1) is 6.09. The highest BCUT2D eigenvalue weighted by Gasteiger charge is 2.04. The van der Waals surface area contributed by atoms with Crippen molar-refractivity contribution in [3.8, 4) is 0 Å². The molecule has 0 radical (unpaired) electrons. The summed E-state index contributed by atoms with van der Waals surface area (Å²) in [7, 11) is 0. The summed E-state index contributed by atoms with van der Waals surface area (Å²) in [6.07, 6.45) is 4.74. The number of nitrogens with zero attached hydrogens (tertiary/aromatic N) is 2. The third-order valence-corrected chi connectivity index (χ3v) is 1.91. The van der Waals surface area contributed by atoms with Crippen molar-refractivity contribution in [3.05, 3.63) is 23.8 Å². The molecule has 0 amide bonds. The Bertz CT molecular complexity index is 267. The minimum atomic E-state index is 0.472. The van der Waals surface area contributed by atoms with E-state index in [1.54, 1.807) is 0 Å². The quantitative estimate of drug-likeness (QED) is 0.711. The molecule has 0 unspecified atom stereocenters. The fourth-order valence-electron chi connectivity index (χ4n) is 1.22. The van der Waals surface area contributed by atoms with Crippen molar-refractivity contribution in [1.82, 2.24) is 9.97 Å². The standard InChI is InChI=1S/C11H18N2/c1-8(2)5-10-6-12-7-11(13-10)9(3)4/h6-9H,5H2,1-4H3. The summed E-state index contributed by atoms with van der Waals surface area (Å²) in [5.41, 5.74) is 2.21. The Morgan fingerprint density at radius 2 is 1.85 bits per heavy atom. The maximum atomic E-state index is 4.55. The molecule has 1 heterocycles. The van der Waals surface area contributed by atoms with Gasteiger partial charge in [-0.25, -0.2) is 0 Å². The maximum absolute atomic E-state index is 4.55. The number of hydrogen-bond donors (Lipinski definition) is 0. The monoisotopic (exact) mass is 178 g/mol. The molecule has 0 fully saturated rings. The fourth-order valence-corrected chi connectivity index (χ4v) is 1.22. The molecule has 1 rings (SSSR count). The molecule has 0 N–H and O–H groups in total. The van der Waals surface area contributed by atoms with Gasteiger partial charge in [0.2, 0.25) is 0 Å². The normalized spacial score (nSPS) is 11.2. The molecule has 0 aliphatic heterocycles. The maximum Gasteiger partial charge on any atom is 0.0615 e. The Kier molecular flexibility index (Phi) is 3.40. The highest BCUT2D eigenvalue weighted by molar-refractivity contribution is 5.06. The lowest BCUT2D eigenvalue weighted by Gasteiger charge is -2.07. The largest absolute Gasteiger partial charge is 0.261 e. The van der Waals surface area contributed by atoms with E-state index in [1.807, 2.05) is 12.4 Å². The topological polar surface area (TPSA) is 25.8 Å². The van der Waals surface area contributed by atoms with E-state index in [1.165, 1.54) is 0 Å². The highest BCUT2D eigenvalue weighted by atomic mass is 14.8. The number of rotatable bonds is 3. The van der Waals surface area contributed by atoms with E-state index >= 15 is 0 Å². The first-order valence-corrected chi connectivity index (χ1v) is 4.90. The van der Waals surface area contributed by atoms with Crippen LogP contribution in [0, 0.1) is 5.92 Å². The third-order valence-electron chi connectivity index (χ3n) is 1.91. The van der Waals surface area contributed by atoms with Gasteiger partial charge in [-0.3, -0.25) is 9.97 Å².